The minimum atomic E-state index is -3.87. The monoisotopic (exact) mass is 295 g/mol. The molecule has 0 radical (unpaired) electrons. The molecule has 6 nitrogen and oxygen atoms in total. The molecular weight excluding hydrogens is 282 g/mol. The first-order valence-electron chi connectivity index (χ1n) is 5.91. The molecule has 0 fully saturated rings. The molecule has 0 saturated carbocycles. The molecule has 0 N–H and O–H groups in total. The largest absolute Gasteiger partial charge is 0.461 e. The lowest BCUT2D eigenvalue weighted by molar-refractivity contribution is 0.0518. The van der Waals surface area contributed by atoms with Crippen LogP contribution in [0, 0.1) is 6.92 Å². The summed E-state index contributed by atoms with van der Waals surface area (Å²) in [5, 5.41) is -0.510. The standard InChI is InChI=1S/C13H13NO5S/c1-3-18-12(15)11-9(2)19-13(14-11)20(16,17)10-7-5-4-6-8-10/h4-8H,3H2,1-2H3. The summed E-state index contributed by atoms with van der Waals surface area (Å²) in [6.45, 7) is 3.28. The lowest BCUT2D eigenvalue weighted by atomic mass is 10.4. The van der Waals surface area contributed by atoms with Crippen molar-refractivity contribution in [3.8, 4) is 0 Å². The van der Waals surface area contributed by atoms with Crippen molar-refractivity contribution in [3.63, 3.8) is 0 Å². The van der Waals surface area contributed by atoms with Crippen LogP contribution in [0.1, 0.15) is 23.2 Å². The predicted octanol–water partition coefficient (Wildman–Crippen LogP) is 1.99. The summed E-state index contributed by atoms with van der Waals surface area (Å²) in [5.74, 6) is -0.596. The number of rotatable bonds is 4. The predicted molar refractivity (Wildman–Crippen MR) is 69.1 cm³/mol. The van der Waals surface area contributed by atoms with Crippen molar-refractivity contribution in [2.75, 3.05) is 6.61 Å². The fourth-order valence-corrected chi connectivity index (χ4v) is 2.74. The van der Waals surface area contributed by atoms with Gasteiger partial charge < -0.3 is 9.15 Å². The smallest absolute Gasteiger partial charge is 0.360 e. The molecule has 0 spiro atoms. The fraction of sp³-hybridized carbons (Fsp3) is 0.231. The first kappa shape index (κ1) is 14.3. The summed E-state index contributed by atoms with van der Waals surface area (Å²) in [6.07, 6.45) is 0. The van der Waals surface area contributed by atoms with E-state index in [9.17, 15) is 13.2 Å². The number of oxazole rings is 1. The van der Waals surface area contributed by atoms with Crippen LogP contribution in [0.3, 0.4) is 0 Å². The highest BCUT2D eigenvalue weighted by molar-refractivity contribution is 7.91. The number of hydrogen-bond acceptors (Lipinski definition) is 6. The van der Waals surface area contributed by atoms with E-state index in [2.05, 4.69) is 4.98 Å². The van der Waals surface area contributed by atoms with Crippen LogP contribution in [0.5, 0.6) is 0 Å². The number of aromatic nitrogens is 1. The Morgan fingerprint density at radius 1 is 1.30 bits per heavy atom. The van der Waals surface area contributed by atoms with Gasteiger partial charge in [-0.25, -0.2) is 13.2 Å². The molecule has 1 aromatic heterocycles. The minimum Gasteiger partial charge on any atom is -0.461 e. The van der Waals surface area contributed by atoms with E-state index in [1.807, 2.05) is 0 Å². The molecule has 7 heteroatoms. The van der Waals surface area contributed by atoms with Gasteiger partial charge in [-0.3, -0.25) is 0 Å². The zero-order chi connectivity index (χ0) is 14.8. The zero-order valence-corrected chi connectivity index (χ0v) is 11.8. The first-order chi connectivity index (χ1) is 9.46. The number of nitrogens with zero attached hydrogens (tertiary/aromatic N) is 1. The summed E-state index contributed by atoms with van der Waals surface area (Å²) in [5.41, 5.74) is -0.124. The van der Waals surface area contributed by atoms with Gasteiger partial charge in [0.15, 0.2) is 5.69 Å². The van der Waals surface area contributed by atoms with Gasteiger partial charge in [0.05, 0.1) is 11.5 Å². The van der Waals surface area contributed by atoms with E-state index in [0.29, 0.717) is 0 Å². The Bertz CT molecular complexity index is 718. The Hall–Kier alpha value is -2.15. The second-order valence-corrected chi connectivity index (χ2v) is 5.75. The van der Waals surface area contributed by atoms with E-state index in [1.165, 1.54) is 19.1 Å². The van der Waals surface area contributed by atoms with Crippen molar-refractivity contribution >= 4 is 15.8 Å². The number of carbonyl (C=O) groups is 1. The van der Waals surface area contributed by atoms with Crippen molar-refractivity contribution in [2.45, 2.75) is 24.0 Å². The van der Waals surface area contributed by atoms with Gasteiger partial charge in [0.1, 0.15) is 5.76 Å². The highest BCUT2D eigenvalue weighted by Gasteiger charge is 2.28. The van der Waals surface area contributed by atoms with Crippen molar-refractivity contribution in [2.24, 2.45) is 0 Å². The summed E-state index contributed by atoms with van der Waals surface area (Å²) >= 11 is 0. The Kier molecular flexibility index (Phi) is 3.89. The third-order valence-electron chi connectivity index (χ3n) is 2.53. The summed E-state index contributed by atoms with van der Waals surface area (Å²) < 4.78 is 34.4. The van der Waals surface area contributed by atoms with Crippen molar-refractivity contribution < 1.29 is 22.4 Å². The molecular formula is C13H13NO5S. The van der Waals surface area contributed by atoms with Gasteiger partial charge in [0.2, 0.25) is 0 Å². The van der Waals surface area contributed by atoms with E-state index in [1.54, 1.807) is 25.1 Å². The number of sulfone groups is 1. The van der Waals surface area contributed by atoms with Crippen LogP contribution < -0.4 is 0 Å². The minimum absolute atomic E-state index is 0.0525. The van der Waals surface area contributed by atoms with Gasteiger partial charge in [-0.1, -0.05) is 18.2 Å². The number of carbonyl (C=O) groups excluding carboxylic acids is 1. The molecule has 1 aromatic carbocycles. The van der Waals surface area contributed by atoms with Crippen LogP contribution in [0.25, 0.3) is 0 Å². The average molecular weight is 295 g/mol. The lowest BCUT2D eigenvalue weighted by Gasteiger charge is -1.98. The fourth-order valence-electron chi connectivity index (χ4n) is 1.58. The molecule has 0 saturated heterocycles. The molecule has 2 aromatic rings. The topological polar surface area (TPSA) is 86.5 Å². The molecule has 0 unspecified atom stereocenters. The Labute approximate surface area is 116 Å². The van der Waals surface area contributed by atoms with Crippen LogP contribution in [0.2, 0.25) is 0 Å². The molecule has 0 aliphatic heterocycles. The molecule has 20 heavy (non-hydrogen) atoms. The van der Waals surface area contributed by atoms with Gasteiger partial charge in [0.25, 0.3) is 9.84 Å². The molecule has 0 amide bonds. The molecule has 0 bridgehead atoms. The second-order valence-electron chi connectivity index (χ2n) is 3.92. The van der Waals surface area contributed by atoms with Crippen molar-refractivity contribution in [1.82, 2.24) is 4.98 Å². The van der Waals surface area contributed by atoms with E-state index >= 15 is 0 Å². The summed E-state index contributed by atoms with van der Waals surface area (Å²) in [6, 6.07) is 7.74. The van der Waals surface area contributed by atoms with Crippen LogP contribution in [-0.4, -0.2) is 26.0 Å². The number of benzene rings is 1. The second kappa shape index (κ2) is 5.46. The van der Waals surface area contributed by atoms with E-state index < -0.39 is 21.0 Å². The van der Waals surface area contributed by atoms with Gasteiger partial charge in [0, 0.05) is 0 Å². The maximum atomic E-state index is 12.3. The van der Waals surface area contributed by atoms with Crippen LogP contribution in [0.15, 0.2) is 44.9 Å². The summed E-state index contributed by atoms with van der Waals surface area (Å²) in [4.78, 5) is 15.4. The SMILES string of the molecule is CCOC(=O)c1nc(S(=O)(=O)c2ccccc2)oc1C. The van der Waals surface area contributed by atoms with E-state index in [4.69, 9.17) is 9.15 Å². The van der Waals surface area contributed by atoms with Gasteiger partial charge in [-0.15, -0.1) is 0 Å². The number of esters is 1. The van der Waals surface area contributed by atoms with Crippen LogP contribution >= 0.6 is 0 Å². The van der Waals surface area contributed by atoms with Gasteiger partial charge in [-0.05, 0) is 26.0 Å². The van der Waals surface area contributed by atoms with Gasteiger partial charge >= 0.3 is 11.2 Å². The van der Waals surface area contributed by atoms with Crippen LogP contribution in [-0.2, 0) is 14.6 Å². The van der Waals surface area contributed by atoms with E-state index in [-0.39, 0.29) is 23.0 Å². The third kappa shape index (κ3) is 2.57. The quantitative estimate of drug-likeness (QED) is 0.802. The molecule has 0 atom stereocenters. The first-order valence-corrected chi connectivity index (χ1v) is 7.39. The maximum Gasteiger partial charge on any atom is 0.360 e. The molecule has 1 heterocycles. The molecule has 0 aliphatic rings. The van der Waals surface area contributed by atoms with Crippen molar-refractivity contribution in [3.05, 3.63) is 41.8 Å². The average Bonchev–Trinajstić information content (AvgIpc) is 2.83. The highest BCUT2D eigenvalue weighted by Crippen LogP contribution is 2.22. The van der Waals surface area contributed by atoms with Gasteiger partial charge in [-0.2, -0.15) is 4.98 Å². The third-order valence-corrected chi connectivity index (χ3v) is 4.06. The number of aryl methyl sites for hydroxylation is 1. The molecule has 0 aliphatic carbocycles. The summed E-state index contributed by atoms with van der Waals surface area (Å²) in [7, 11) is -3.87. The number of hydrogen-bond donors (Lipinski definition) is 0. The Balaban J connectivity index is 2.45. The highest BCUT2D eigenvalue weighted by atomic mass is 32.2. The lowest BCUT2D eigenvalue weighted by Crippen LogP contribution is -2.08. The molecule has 106 valence electrons. The van der Waals surface area contributed by atoms with Crippen molar-refractivity contribution in [1.29, 1.82) is 0 Å². The Morgan fingerprint density at radius 2 is 1.95 bits per heavy atom. The molecule has 2 rings (SSSR count). The normalized spacial score (nSPS) is 11.3. The van der Waals surface area contributed by atoms with E-state index in [0.717, 1.165) is 0 Å². The zero-order valence-electron chi connectivity index (χ0n) is 11.0. The Morgan fingerprint density at radius 3 is 2.55 bits per heavy atom. The maximum absolute atomic E-state index is 12.3. The van der Waals surface area contributed by atoms with Crippen LogP contribution in [0.4, 0.5) is 0 Å². The number of ether oxygens (including phenoxy) is 1.